The Bertz CT molecular complexity index is 218. The summed E-state index contributed by atoms with van der Waals surface area (Å²) in [5.74, 6) is 0. The zero-order valence-electron chi connectivity index (χ0n) is 10.5. The number of ether oxygens (including phenoxy) is 1. The van der Waals surface area contributed by atoms with E-state index in [4.69, 9.17) is 18.7 Å². The Kier molecular flexibility index (Phi) is 8.18. The van der Waals surface area contributed by atoms with E-state index in [1.165, 1.54) is 6.66 Å². The molecule has 0 saturated carbocycles. The molecule has 0 aromatic rings. The van der Waals surface area contributed by atoms with Gasteiger partial charge >= 0.3 is 7.60 Å². The van der Waals surface area contributed by atoms with E-state index in [-0.39, 0.29) is 25.8 Å². The molecule has 98 valence electrons. The Balaban J connectivity index is 3.58. The third kappa shape index (κ3) is 10.5. The molecular weight excluding hydrogens is 235 g/mol. The Morgan fingerprint density at radius 3 is 2.06 bits per heavy atom. The summed E-state index contributed by atoms with van der Waals surface area (Å²) < 4.78 is 26.4. The van der Waals surface area contributed by atoms with Crippen LogP contribution in [0.25, 0.3) is 0 Å². The summed E-state index contributed by atoms with van der Waals surface area (Å²) in [6.07, 6.45) is -0.0643. The van der Waals surface area contributed by atoms with Gasteiger partial charge in [-0.3, -0.25) is 13.6 Å². The smallest absolute Gasteiger partial charge is 0.331 e. The third-order valence-corrected chi connectivity index (χ3v) is 2.43. The fourth-order valence-corrected chi connectivity index (χ4v) is 1.14. The molecule has 0 aliphatic rings. The number of rotatable bonds is 9. The van der Waals surface area contributed by atoms with Crippen LogP contribution in [-0.4, -0.2) is 32.5 Å². The summed E-state index contributed by atoms with van der Waals surface area (Å²) in [5.41, 5.74) is 0. The van der Waals surface area contributed by atoms with E-state index in [0.29, 0.717) is 0 Å². The van der Waals surface area contributed by atoms with Crippen LogP contribution in [-0.2, 0) is 28.1 Å². The highest BCUT2D eigenvalue weighted by molar-refractivity contribution is 7.52. The molecule has 0 aromatic carbocycles. The van der Waals surface area contributed by atoms with Gasteiger partial charge in [0.05, 0.1) is 12.2 Å². The van der Waals surface area contributed by atoms with Crippen molar-refractivity contribution in [2.75, 3.05) is 20.3 Å². The van der Waals surface area contributed by atoms with Gasteiger partial charge in [-0.2, -0.15) is 0 Å². The van der Waals surface area contributed by atoms with Crippen molar-refractivity contribution >= 4 is 7.60 Å². The van der Waals surface area contributed by atoms with E-state index in [9.17, 15) is 4.57 Å². The Labute approximate surface area is 96.6 Å². The van der Waals surface area contributed by atoms with Crippen molar-refractivity contribution in [1.29, 1.82) is 0 Å². The molecule has 0 saturated heterocycles. The summed E-state index contributed by atoms with van der Waals surface area (Å²) in [6, 6.07) is 0. The standard InChI is InChI=1S/C9H21O6P/c1-8(2)11-6-13-16(5,10)14-7-12-15-9(3)4/h8-9H,6-7H2,1-5H3. The van der Waals surface area contributed by atoms with Crippen LogP contribution in [0.1, 0.15) is 27.7 Å². The summed E-state index contributed by atoms with van der Waals surface area (Å²) in [6.45, 7) is 8.34. The van der Waals surface area contributed by atoms with Gasteiger partial charge in [-0.05, 0) is 27.7 Å². The minimum absolute atomic E-state index is 0.0144. The van der Waals surface area contributed by atoms with Gasteiger partial charge in [0.1, 0.15) is 0 Å². The highest BCUT2D eigenvalue weighted by Gasteiger charge is 2.17. The molecule has 7 heteroatoms. The fourth-order valence-electron chi connectivity index (χ4n) is 0.581. The van der Waals surface area contributed by atoms with E-state index in [1.807, 2.05) is 13.8 Å². The van der Waals surface area contributed by atoms with Gasteiger partial charge < -0.3 is 4.74 Å². The van der Waals surface area contributed by atoms with Crippen LogP contribution >= 0.6 is 7.60 Å². The Morgan fingerprint density at radius 2 is 1.56 bits per heavy atom. The fraction of sp³-hybridized carbons (Fsp3) is 1.00. The molecule has 0 amide bonds. The third-order valence-electron chi connectivity index (χ3n) is 1.28. The minimum atomic E-state index is -3.14. The molecule has 6 nitrogen and oxygen atoms in total. The molecule has 0 bridgehead atoms. The van der Waals surface area contributed by atoms with Crippen LogP contribution in [0.5, 0.6) is 0 Å². The van der Waals surface area contributed by atoms with Crippen molar-refractivity contribution < 1.29 is 28.1 Å². The quantitative estimate of drug-likeness (QED) is 0.208. The van der Waals surface area contributed by atoms with E-state index in [2.05, 4.69) is 4.89 Å². The van der Waals surface area contributed by atoms with Crippen LogP contribution in [0.2, 0.25) is 0 Å². The predicted molar refractivity (Wildman–Crippen MR) is 59.0 cm³/mol. The topological polar surface area (TPSA) is 63.2 Å². The van der Waals surface area contributed by atoms with Crippen molar-refractivity contribution in [3.8, 4) is 0 Å². The van der Waals surface area contributed by atoms with Crippen LogP contribution in [0, 0.1) is 0 Å². The van der Waals surface area contributed by atoms with Gasteiger partial charge in [-0.25, -0.2) is 9.78 Å². The molecule has 0 spiro atoms. The lowest BCUT2D eigenvalue weighted by Gasteiger charge is -2.15. The predicted octanol–water partition coefficient (Wildman–Crippen LogP) is 2.54. The molecule has 1 atom stereocenters. The minimum Gasteiger partial charge on any atom is -0.352 e. The van der Waals surface area contributed by atoms with Gasteiger partial charge in [-0.15, -0.1) is 0 Å². The normalized spacial score (nSPS) is 15.7. The molecule has 0 aliphatic carbocycles. The maximum atomic E-state index is 11.6. The SMILES string of the molecule is CC(C)OCOP(C)(=O)OCOOC(C)C. The first-order valence-electron chi connectivity index (χ1n) is 5.10. The van der Waals surface area contributed by atoms with Gasteiger partial charge in [0.25, 0.3) is 0 Å². The summed E-state index contributed by atoms with van der Waals surface area (Å²) in [5, 5.41) is 0. The van der Waals surface area contributed by atoms with E-state index in [0.717, 1.165) is 0 Å². The molecule has 1 unspecified atom stereocenters. The molecular formula is C9H21O6P. The zero-order valence-corrected chi connectivity index (χ0v) is 11.4. The van der Waals surface area contributed by atoms with Crippen molar-refractivity contribution in [1.82, 2.24) is 0 Å². The monoisotopic (exact) mass is 256 g/mol. The van der Waals surface area contributed by atoms with Crippen molar-refractivity contribution in [3.63, 3.8) is 0 Å². The second-order valence-corrected chi connectivity index (χ2v) is 5.80. The van der Waals surface area contributed by atoms with E-state index in [1.54, 1.807) is 13.8 Å². The first kappa shape index (κ1) is 16.0. The van der Waals surface area contributed by atoms with Crippen molar-refractivity contribution in [3.05, 3.63) is 0 Å². The summed E-state index contributed by atoms with van der Waals surface area (Å²) >= 11 is 0. The lowest BCUT2D eigenvalue weighted by molar-refractivity contribution is -0.343. The first-order chi connectivity index (χ1) is 7.33. The highest BCUT2D eigenvalue weighted by Crippen LogP contribution is 2.43. The highest BCUT2D eigenvalue weighted by atomic mass is 31.2. The molecule has 0 fully saturated rings. The van der Waals surface area contributed by atoms with Crippen LogP contribution < -0.4 is 0 Å². The van der Waals surface area contributed by atoms with Gasteiger partial charge in [0.2, 0.25) is 0 Å². The molecule has 0 heterocycles. The largest absolute Gasteiger partial charge is 0.352 e. The van der Waals surface area contributed by atoms with Crippen LogP contribution in [0.4, 0.5) is 0 Å². The Morgan fingerprint density at radius 1 is 1.00 bits per heavy atom. The van der Waals surface area contributed by atoms with Crippen LogP contribution in [0.15, 0.2) is 0 Å². The molecule has 0 N–H and O–H groups in total. The van der Waals surface area contributed by atoms with Gasteiger partial charge in [0.15, 0.2) is 13.6 Å². The maximum absolute atomic E-state index is 11.6. The van der Waals surface area contributed by atoms with Crippen molar-refractivity contribution in [2.45, 2.75) is 39.9 Å². The summed E-state index contributed by atoms with van der Waals surface area (Å²) in [4.78, 5) is 9.39. The van der Waals surface area contributed by atoms with Gasteiger partial charge in [-0.1, -0.05) is 0 Å². The zero-order chi connectivity index (χ0) is 12.6. The van der Waals surface area contributed by atoms with Gasteiger partial charge in [0, 0.05) is 6.66 Å². The molecule has 0 aromatic heterocycles. The van der Waals surface area contributed by atoms with E-state index < -0.39 is 7.60 Å². The second-order valence-electron chi connectivity index (χ2n) is 3.74. The Hall–Kier alpha value is 0.0300. The average Bonchev–Trinajstić information content (AvgIpc) is 2.11. The lowest BCUT2D eigenvalue weighted by Crippen LogP contribution is -2.09. The molecule has 16 heavy (non-hydrogen) atoms. The van der Waals surface area contributed by atoms with E-state index >= 15 is 0 Å². The first-order valence-corrected chi connectivity index (χ1v) is 7.09. The average molecular weight is 256 g/mol. The number of hydrogen-bond acceptors (Lipinski definition) is 6. The molecule has 0 aliphatic heterocycles. The maximum Gasteiger partial charge on any atom is 0.331 e. The molecule has 0 rings (SSSR count). The van der Waals surface area contributed by atoms with Crippen molar-refractivity contribution in [2.24, 2.45) is 0 Å². The second kappa shape index (κ2) is 8.17. The number of hydrogen-bond donors (Lipinski definition) is 0. The van der Waals surface area contributed by atoms with Crippen LogP contribution in [0.3, 0.4) is 0 Å². The lowest BCUT2D eigenvalue weighted by atomic mass is 10.5. The summed E-state index contributed by atoms with van der Waals surface area (Å²) in [7, 11) is -3.14. The molecule has 0 radical (unpaired) electrons.